The molecule has 1 amide bonds. The van der Waals surface area contributed by atoms with Gasteiger partial charge in [0.25, 0.3) is 5.91 Å². The number of aliphatic hydroxyl groups excluding tert-OH is 1. The smallest absolute Gasteiger partial charge is 0.261 e. The van der Waals surface area contributed by atoms with E-state index < -0.39 is 12.1 Å². The van der Waals surface area contributed by atoms with Crippen LogP contribution in [0.15, 0.2) is 41.0 Å². The zero-order valence-electron chi connectivity index (χ0n) is 11.8. The van der Waals surface area contributed by atoms with Crippen LogP contribution in [0.5, 0.6) is 5.75 Å². The summed E-state index contributed by atoms with van der Waals surface area (Å²) in [7, 11) is 0. The van der Waals surface area contributed by atoms with Crippen molar-refractivity contribution in [1.82, 2.24) is 5.32 Å². The summed E-state index contributed by atoms with van der Waals surface area (Å²) in [5.74, 6) is 0.509. The summed E-state index contributed by atoms with van der Waals surface area (Å²) in [6, 6.07) is 7.47. The second-order valence-electron chi connectivity index (χ2n) is 4.60. The Morgan fingerprint density at radius 3 is 2.73 bits per heavy atom. The maximum atomic E-state index is 12.1. The molecule has 2 unspecified atom stereocenters. The third kappa shape index (κ3) is 4.16. The Bertz CT molecular complexity index is 630. The van der Waals surface area contributed by atoms with Crippen LogP contribution in [-0.2, 0) is 4.79 Å². The second kappa shape index (κ2) is 7.54. The van der Waals surface area contributed by atoms with Gasteiger partial charge in [0.05, 0.1) is 22.9 Å². The number of ether oxygens (including phenoxy) is 1. The molecule has 22 heavy (non-hydrogen) atoms. The molecule has 0 spiro atoms. The predicted molar refractivity (Wildman–Crippen MR) is 83.2 cm³/mol. The highest BCUT2D eigenvalue weighted by molar-refractivity contribution is 6.42. The van der Waals surface area contributed by atoms with Crippen LogP contribution >= 0.6 is 23.2 Å². The third-order valence-corrected chi connectivity index (χ3v) is 3.70. The van der Waals surface area contributed by atoms with Crippen molar-refractivity contribution in [2.45, 2.75) is 19.1 Å². The number of carbonyl (C=O) groups is 1. The van der Waals surface area contributed by atoms with Crippen LogP contribution in [0.3, 0.4) is 0 Å². The van der Waals surface area contributed by atoms with Crippen LogP contribution < -0.4 is 10.1 Å². The number of furan rings is 1. The number of halogens is 2. The molecule has 0 fully saturated rings. The molecule has 0 bridgehead atoms. The van der Waals surface area contributed by atoms with Crippen molar-refractivity contribution in [1.29, 1.82) is 0 Å². The number of carbonyl (C=O) groups excluding carboxylic acids is 1. The Hall–Kier alpha value is -1.69. The lowest BCUT2D eigenvalue weighted by molar-refractivity contribution is -0.128. The van der Waals surface area contributed by atoms with Crippen LogP contribution in [0.4, 0.5) is 0 Å². The Morgan fingerprint density at radius 1 is 1.36 bits per heavy atom. The predicted octanol–water partition coefficient (Wildman–Crippen LogP) is 3.20. The molecule has 7 heteroatoms. The van der Waals surface area contributed by atoms with Crippen molar-refractivity contribution < 1.29 is 19.1 Å². The molecule has 0 aliphatic heterocycles. The Morgan fingerprint density at radius 2 is 2.14 bits per heavy atom. The van der Waals surface area contributed by atoms with Gasteiger partial charge in [-0.05, 0) is 31.2 Å². The largest absolute Gasteiger partial charge is 0.481 e. The lowest BCUT2D eigenvalue weighted by atomic mass is 10.2. The van der Waals surface area contributed by atoms with Gasteiger partial charge in [0.2, 0.25) is 0 Å². The van der Waals surface area contributed by atoms with E-state index in [4.69, 9.17) is 32.4 Å². The summed E-state index contributed by atoms with van der Waals surface area (Å²) in [5.41, 5.74) is 0. The topological polar surface area (TPSA) is 71.7 Å². The first-order chi connectivity index (χ1) is 10.5. The van der Waals surface area contributed by atoms with E-state index in [1.165, 1.54) is 12.3 Å². The average Bonchev–Trinajstić information content (AvgIpc) is 3.02. The summed E-state index contributed by atoms with van der Waals surface area (Å²) in [6.45, 7) is 1.31. The molecule has 118 valence electrons. The van der Waals surface area contributed by atoms with Gasteiger partial charge in [-0.2, -0.15) is 0 Å². The standard InChI is InChI=1S/C15H15Cl2NO4/c1-9(22-10-4-5-11(16)12(17)7-10)15(20)18-13(8-19)14-3-2-6-21-14/h2-7,9,13,19H,8H2,1H3,(H,18,20). The van der Waals surface area contributed by atoms with Crippen LogP contribution in [0.1, 0.15) is 18.7 Å². The van der Waals surface area contributed by atoms with Crippen molar-refractivity contribution in [3.8, 4) is 5.75 Å². The number of rotatable bonds is 6. The average molecular weight is 344 g/mol. The molecule has 2 rings (SSSR count). The number of aliphatic hydroxyl groups is 1. The number of benzene rings is 1. The van der Waals surface area contributed by atoms with Gasteiger partial charge >= 0.3 is 0 Å². The van der Waals surface area contributed by atoms with Gasteiger partial charge in [0, 0.05) is 6.07 Å². The second-order valence-corrected chi connectivity index (χ2v) is 5.41. The minimum atomic E-state index is -0.777. The molecule has 1 aromatic heterocycles. The van der Waals surface area contributed by atoms with Crippen molar-refractivity contribution >= 4 is 29.1 Å². The molecule has 0 aliphatic carbocycles. The summed E-state index contributed by atoms with van der Waals surface area (Å²) in [5, 5.41) is 12.7. The SMILES string of the molecule is CC(Oc1ccc(Cl)c(Cl)c1)C(=O)NC(CO)c1ccco1. The van der Waals surface area contributed by atoms with E-state index in [-0.39, 0.29) is 12.5 Å². The minimum absolute atomic E-state index is 0.279. The highest BCUT2D eigenvalue weighted by Gasteiger charge is 2.21. The quantitative estimate of drug-likeness (QED) is 0.844. The lowest BCUT2D eigenvalue weighted by Crippen LogP contribution is -2.39. The van der Waals surface area contributed by atoms with E-state index in [0.717, 1.165) is 0 Å². The molecule has 2 atom stereocenters. The fraction of sp³-hybridized carbons (Fsp3) is 0.267. The molecular weight excluding hydrogens is 329 g/mol. The first kappa shape index (κ1) is 16.7. The summed E-state index contributed by atoms with van der Waals surface area (Å²) in [6.07, 6.45) is 0.695. The Balaban J connectivity index is 1.98. The van der Waals surface area contributed by atoms with E-state index in [1.807, 2.05) is 0 Å². The number of hydrogen-bond acceptors (Lipinski definition) is 4. The lowest BCUT2D eigenvalue weighted by Gasteiger charge is -2.19. The minimum Gasteiger partial charge on any atom is -0.481 e. The third-order valence-electron chi connectivity index (χ3n) is 2.96. The first-order valence-electron chi connectivity index (χ1n) is 6.57. The van der Waals surface area contributed by atoms with Crippen LogP contribution in [-0.4, -0.2) is 23.7 Å². The van der Waals surface area contributed by atoms with Crippen LogP contribution in [0, 0.1) is 0 Å². The summed E-state index contributed by atoms with van der Waals surface area (Å²) in [4.78, 5) is 12.1. The van der Waals surface area contributed by atoms with Crippen molar-refractivity contribution in [2.75, 3.05) is 6.61 Å². The Kier molecular flexibility index (Phi) is 5.71. The van der Waals surface area contributed by atoms with Crippen molar-refractivity contribution in [3.63, 3.8) is 0 Å². The molecule has 0 radical (unpaired) electrons. The van der Waals surface area contributed by atoms with Gasteiger partial charge in [0.15, 0.2) is 6.10 Å². The van der Waals surface area contributed by atoms with Gasteiger partial charge in [-0.1, -0.05) is 23.2 Å². The number of nitrogens with one attached hydrogen (secondary N) is 1. The maximum Gasteiger partial charge on any atom is 0.261 e. The molecule has 1 aromatic carbocycles. The Labute approximate surface area is 137 Å². The van der Waals surface area contributed by atoms with E-state index in [2.05, 4.69) is 5.32 Å². The van der Waals surface area contributed by atoms with Gasteiger partial charge < -0.3 is 19.6 Å². The summed E-state index contributed by atoms with van der Waals surface area (Å²) < 4.78 is 10.7. The maximum absolute atomic E-state index is 12.1. The normalized spacial score (nSPS) is 13.5. The van der Waals surface area contributed by atoms with Gasteiger partial charge in [-0.3, -0.25) is 4.79 Å². The number of amides is 1. The van der Waals surface area contributed by atoms with E-state index in [1.54, 1.807) is 31.2 Å². The number of hydrogen-bond donors (Lipinski definition) is 2. The molecule has 0 saturated carbocycles. The monoisotopic (exact) mass is 343 g/mol. The first-order valence-corrected chi connectivity index (χ1v) is 7.33. The van der Waals surface area contributed by atoms with Gasteiger partial charge in [-0.25, -0.2) is 0 Å². The van der Waals surface area contributed by atoms with Gasteiger partial charge in [0.1, 0.15) is 17.6 Å². The fourth-order valence-corrected chi connectivity index (χ4v) is 2.08. The van der Waals surface area contributed by atoms with Crippen LogP contribution in [0.2, 0.25) is 10.0 Å². The highest BCUT2D eigenvalue weighted by atomic mass is 35.5. The van der Waals surface area contributed by atoms with E-state index in [9.17, 15) is 9.90 Å². The molecule has 1 heterocycles. The molecule has 0 saturated heterocycles. The summed E-state index contributed by atoms with van der Waals surface area (Å²) >= 11 is 11.7. The van der Waals surface area contributed by atoms with Crippen LogP contribution in [0.25, 0.3) is 0 Å². The molecule has 2 N–H and O–H groups in total. The van der Waals surface area contributed by atoms with E-state index in [0.29, 0.717) is 21.6 Å². The van der Waals surface area contributed by atoms with Crippen molar-refractivity contribution in [2.24, 2.45) is 0 Å². The molecule has 5 nitrogen and oxygen atoms in total. The highest BCUT2D eigenvalue weighted by Crippen LogP contribution is 2.27. The van der Waals surface area contributed by atoms with E-state index >= 15 is 0 Å². The molecule has 0 aliphatic rings. The van der Waals surface area contributed by atoms with Gasteiger partial charge in [-0.15, -0.1) is 0 Å². The fourth-order valence-electron chi connectivity index (χ4n) is 1.79. The molecule has 2 aromatic rings. The zero-order chi connectivity index (χ0) is 16.1. The molecular formula is C15H15Cl2NO4. The van der Waals surface area contributed by atoms with Crippen molar-refractivity contribution in [3.05, 3.63) is 52.4 Å². The zero-order valence-corrected chi connectivity index (χ0v) is 13.3.